The van der Waals surface area contributed by atoms with Gasteiger partial charge >= 0.3 is 11.9 Å². The van der Waals surface area contributed by atoms with Crippen LogP contribution in [0.3, 0.4) is 0 Å². The third-order valence-corrected chi connectivity index (χ3v) is 5.91. The Morgan fingerprint density at radius 2 is 1.38 bits per heavy atom. The summed E-state index contributed by atoms with van der Waals surface area (Å²) in [5.41, 5.74) is 2.21. The summed E-state index contributed by atoms with van der Waals surface area (Å²) in [7, 11) is 0. The Labute approximate surface area is 213 Å². The maximum atomic E-state index is 13.1. The van der Waals surface area contributed by atoms with Gasteiger partial charge in [-0.2, -0.15) is 0 Å². The van der Waals surface area contributed by atoms with Gasteiger partial charge in [-0.1, -0.05) is 36.8 Å². The maximum Gasteiger partial charge on any atom is 0.338 e. The van der Waals surface area contributed by atoms with Gasteiger partial charge in [-0.15, -0.1) is 0 Å². The lowest BCUT2D eigenvalue weighted by Gasteiger charge is -2.14. The molecule has 0 saturated carbocycles. The second-order valence-corrected chi connectivity index (χ2v) is 8.67. The van der Waals surface area contributed by atoms with E-state index < -0.39 is 29.9 Å². The molecule has 8 nitrogen and oxygen atoms in total. The van der Waals surface area contributed by atoms with Gasteiger partial charge in [0.2, 0.25) is 5.78 Å². The van der Waals surface area contributed by atoms with Crippen molar-refractivity contribution in [1.29, 1.82) is 0 Å². The summed E-state index contributed by atoms with van der Waals surface area (Å²) in [6, 6.07) is 16.9. The molecule has 8 heteroatoms. The molecule has 0 N–H and O–H groups in total. The topological polar surface area (TPSA) is 107 Å². The highest BCUT2D eigenvalue weighted by Crippen LogP contribution is 2.29. The minimum absolute atomic E-state index is 0.0410. The number of carbonyl (C=O) groups excluding carboxylic acids is 5. The van der Waals surface area contributed by atoms with Gasteiger partial charge in [0.25, 0.3) is 11.8 Å². The van der Waals surface area contributed by atoms with Crippen molar-refractivity contribution in [2.75, 3.05) is 11.5 Å². The minimum Gasteiger partial charge on any atom is -0.462 e. The first-order chi connectivity index (χ1) is 17.7. The van der Waals surface area contributed by atoms with Crippen LogP contribution in [-0.2, 0) is 9.47 Å². The number of hydrogen-bond donors (Lipinski definition) is 0. The number of nitrogens with zero attached hydrogens (tertiary/aromatic N) is 1. The molecule has 1 aliphatic heterocycles. The van der Waals surface area contributed by atoms with Gasteiger partial charge in [-0.05, 0) is 62.7 Å². The summed E-state index contributed by atoms with van der Waals surface area (Å²) >= 11 is 0. The number of ether oxygens (including phenoxy) is 2. The van der Waals surface area contributed by atoms with Gasteiger partial charge in [-0.25, -0.2) is 14.5 Å². The molecule has 4 rings (SSSR count). The van der Waals surface area contributed by atoms with Crippen molar-refractivity contribution in [2.45, 2.75) is 33.3 Å². The van der Waals surface area contributed by atoms with Crippen molar-refractivity contribution < 1.29 is 33.4 Å². The maximum absolute atomic E-state index is 13.1. The summed E-state index contributed by atoms with van der Waals surface area (Å²) < 4.78 is 10.4. The molecule has 188 valence electrons. The second kappa shape index (κ2) is 10.6. The quantitative estimate of drug-likeness (QED) is 0.249. The molecular formula is C29H25NO7. The fourth-order valence-corrected chi connectivity index (χ4v) is 3.86. The molecule has 1 heterocycles. The zero-order valence-corrected chi connectivity index (χ0v) is 20.6. The molecule has 0 bridgehead atoms. The molecule has 3 aromatic rings. The smallest absolute Gasteiger partial charge is 0.338 e. The SMILES string of the molecule is CCCOC(=O)c1ccc(N2C(=O)c3ccc(C(=O)O[C@@H](C)C(=O)c4ccc(C)cc4)cc3C2=O)cc1. The van der Waals surface area contributed by atoms with Gasteiger partial charge in [-0.3, -0.25) is 14.4 Å². The summed E-state index contributed by atoms with van der Waals surface area (Å²) in [6.45, 7) is 5.56. The first kappa shape index (κ1) is 25.5. The number of aryl methyl sites for hydroxylation is 1. The average molecular weight is 500 g/mol. The number of imide groups is 1. The molecule has 2 amide bonds. The molecule has 0 fully saturated rings. The number of esters is 2. The van der Waals surface area contributed by atoms with E-state index in [9.17, 15) is 24.0 Å². The summed E-state index contributed by atoms with van der Waals surface area (Å²) in [6.07, 6.45) is -0.351. The first-order valence-electron chi connectivity index (χ1n) is 11.8. The molecule has 0 aliphatic carbocycles. The van der Waals surface area contributed by atoms with Crippen LogP contribution in [0.25, 0.3) is 0 Å². The number of Topliss-reactive ketones (excluding diaryl/α,β-unsaturated/α-hetero) is 1. The van der Waals surface area contributed by atoms with Crippen LogP contribution >= 0.6 is 0 Å². The fraction of sp³-hybridized carbons (Fsp3) is 0.207. The van der Waals surface area contributed by atoms with Crippen molar-refractivity contribution in [3.63, 3.8) is 0 Å². The molecule has 0 unspecified atom stereocenters. The largest absolute Gasteiger partial charge is 0.462 e. The highest BCUT2D eigenvalue weighted by molar-refractivity contribution is 6.34. The lowest BCUT2D eigenvalue weighted by molar-refractivity contribution is 0.0318. The molecule has 1 atom stereocenters. The van der Waals surface area contributed by atoms with Crippen LogP contribution < -0.4 is 4.90 Å². The fourth-order valence-electron chi connectivity index (χ4n) is 3.86. The minimum atomic E-state index is -1.04. The van der Waals surface area contributed by atoms with E-state index in [1.807, 2.05) is 13.8 Å². The van der Waals surface area contributed by atoms with Gasteiger partial charge < -0.3 is 9.47 Å². The molecular weight excluding hydrogens is 474 g/mol. The highest BCUT2D eigenvalue weighted by atomic mass is 16.5. The van der Waals surface area contributed by atoms with Crippen molar-refractivity contribution in [3.8, 4) is 0 Å². The Balaban J connectivity index is 1.49. The molecule has 37 heavy (non-hydrogen) atoms. The standard InChI is InChI=1S/C29H25NO7/c1-4-15-36-28(34)20-9-12-22(13-10-20)30-26(32)23-14-11-21(16-24(23)27(30)33)29(35)37-18(3)25(31)19-7-5-17(2)6-8-19/h5-14,16,18H,4,15H2,1-3H3/t18-/m0/s1. The number of fused-ring (bicyclic) bond motifs is 1. The predicted octanol–water partition coefficient (Wildman–Crippen LogP) is 4.79. The Morgan fingerprint density at radius 3 is 2.03 bits per heavy atom. The Bertz CT molecular complexity index is 1390. The van der Waals surface area contributed by atoms with Crippen LogP contribution in [0.4, 0.5) is 5.69 Å². The van der Waals surface area contributed by atoms with Crippen molar-refractivity contribution in [1.82, 2.24) is 0 Å². The second-order valence-electron chi connectivity index (χ2n) is 8.67. The van der Waals surface area contributed by atoms with Gasteiger partial charge in [0.05, 0.1) is 34.5 Å². The number of carbonyl (C=O) groups is 5. The van der Waals surface area contributed by atoms with Gasteiger partial charge in [0.15, 0.2) is 6.10 Å². The third-order valence-electron chi connectivity index (χ3n) is 5.91. The van der Waals surface area contributed by atoms with E-state index in [-0.39, 0.29) is 28.2 Å². The lowest BCUT2D eigenvalue weighted by Crippen LogP contribution is -2.29. The first-order valence-corrected chi connectivity index (χ1v) is 11.8. The van der Waals surface area contributed by atoms with Gasteiger partial charge in [0, 0.05) is 5.56 Å². The Morgan fingerprint density at radius 1 is 0.784 bits per heavy atom. The summed E-state index contributed by atoms with van der Waals surface area (Å²) in [4.78, 5) is 64.4. The molecule has 0 aromatic heterocycles. The van der Waals surface area contributed by atoms with Crippen LogP contribution in [-0.4, -0.2) is 42.2 Å². The summed E-state index contributed by atoms with van der Waals surface area (Å²) in [5.74, 6) is -2.80. The van der Waals surface area contributed by atoms with E-state index in [4.69, 9.17) is 9.47 Å². The van der Waals surface area contributed by atoms with Crippen molar-refractivity contribution in [3.05, 3.63) is 100 Å². The zero-order valence-electron chi connectivity index (χ0n) is 20.6. The molecule has 1 aliphatic rings. The van der Waals surface area contributed by atoms with Crippen LogP contribution in [0, 0.1) is 6.92 Å². The monoisotopic (exact) mass is 499 g/mol. The summed E-state index contributed by atoms with van der Waals surface area (Å²) in [5, 5.41) is 0. The van der Waals surface area contributed by atoms with E-state index in [1.165, 1.54) is 49.4 Å². The Hall–Kier alpha value is -4.59. The van der Waals surface area contributed by atoms with Crippen LogP contribution in [0.1, 0.15) is 77.6 Å². The number of benzene rings is 3. The number of amides is 2. The van der Waals surface area contributed by atoms with Crippen molar-refractivity contribution >= 4 is 35.2 Å². The van der Waals surface area contributed by atoms with Gasteiger partial charge in [0.1, 0.15) is 0 Å². The van der Waals surface area contributed by atoms with Crippen LogP contribution in [0.5, 0.6) is 0 Å². The molecule has 3 aromatic carbocycles. The van der Waals surface area contributed by atoms with Crippen LogP contribution in [0.2, 0.25) is 0 Å². The highest BCUT2D eigenvalue weighted by Gasteiger charge is 2.37. The predicted molar refractivity (Wildman–Crippen MR) is 135 cm³/mol. The Kier molecular flexibility index (Phi) is 7.29. The number of rotatable bonds is 8. The van der Waals surface area contributed by atoms with E-state index >= 15 is 0 Å². The molecule has 0 spiro atoms. The molecule has 0 radical (unpaired) electrons. The van der Waals surface area contributed by atoms with Crippen LogP contribution in [0.15, 0.2) is 66.7 Å². The molecule has 0 saturated heterocycles. The van der Waals surface area contributed by atoms with E-state index in [2.05, 4.69) is 0 Å². The third kappa shape index (κ3) is 5.18. The average Bonchev–Trinajstić information content (AvgIpc) is 3.16. The number of hydrogen-bond acceptors (Lipinski definition) is 7. The normalized spacial score (nSPS) is 13.2. The van der Waals surface area contributed by atoms with E-state index in [0.29, 0.717) is 24.2 Å². The zero-order chi connectivity index (χ0) is 26.7. The lowest BCUT2D eigenvalue weighted by atomic mass is 10.0. The number of anilines is 1. The van der Waals surface area contributed by atoms with Crippen molar-refractivity contribution in [2.24, 2.45) is 0 Å². The van der Waals surface area contributed by atoms with E-state index in [0.717, 1.165) is 10.5 Å². The van der Waals surface area contributed by atoms with E-state index in [1.54, 1.807) is 24.3 Å². The number of ketones is 1.